The van der Waals surface area contributed by atoms with Crippen molar-refractivity contribution < 1.29 is 19.2 Å². The van der Waals surface area contributed by atoms with E-state index in [1.807, 2.05) is 0 Å². The normalized spacial score (nSPS) is 10.8. The van der Waals surface area contributed by atoms with Gasteiger partial charge in [0.05, 0.1) is 18.1 Å². The summed E-state index contributed by atoms with van der Waals surface area (Å²) in [5, 5.41) is 10.9. The van der Waals surface area contributed by atoms with Gasteiger partial charge in [-0.1, -0.05) is 78.1 Å². The first-order chi connectivity index (χ1) is 17.1. The van der Waals surface area contributed by atoms with Crippen molar-refractivity contribution in [3.05, 3.63) is 63.7 Å². The molecule has 35 heavy (non-hydrogen) atoms. The maximum Gasteiger partial charge on any atom is 0.269 e. The zero-order valence-corrected chi connectivity index (χ0v) is 21.4. The van der Waals surface area contributed by atoms with Crippen molar-refractivity contribution in [1.29, 1.82) is 0 Å². The standard InChI is InChI=1S/C29H41NO5/c1-3-5-7-9-11-13-21-34-27-20-17-25(23-28(27)35-22-14-12-10-8-6-4-2)29(31)24-15-18-26(19-16-24)30(32)33/h15-20,23H,3-14,21-22H2,1-2H3. The molecule has 0 N–H and O–H groups in total. The molecule has 0 aromatic heterocycles. The van der Waals surface area contributed by atoms with E-state index in [9.17, 15) is 14.9 Å². The van der Waals surface area contributed by atoms with E-state index in [1.165, 1.54) is 75.6 Å². The van der Waals surface area contributed by atoms with Crippen LogP contribution in [0.25, 0.3) is 0 Å². The van der Waals surface area contributed by atoms with Gasteiger partial charge in [0.25, 0.3) is 5.69 Å². The lowest BCUT2D eigenvalue weighted by Gasteiger charge is -2.14. The molecule has 0 aliphatic heterocycles. The Labute approximate surface area is 210 Å². The largest absolute Gasteiger partial charge is 0.490 e. The van der Waals surface area contributed by atoms with E-state index >= 15 is 0 Å². The Kier molecular flexibility index (Phi) is 13.5. The Hall–Kier alpha value is -2.89. The van der Waals surface area contributed by atoms with Crippen molar-refractivity contribution in [3.63, 3.8) is 0 Å². The van der Waals surface area contributed by atoms with Crippen molar-refractivity contribution in [1.82, 2.24) is 0 Å². The molecule has 6 nitrogen and oxygen atoms in total. The molecule has 0 fully saturated rings. The van der Waals surface area contributed by atoms with Crippen molar-refractivity contribution >= 4 is 11.5 Å². The third-order valence-corrected chi connectivity index (χ3v) is 6.06. The van der Waals surface area contributed by atoms with Crippen LogP contribution in [0.4, 0.5) is 5.69 Å². The van der Waals surface area contributed by atoms with Crippen LogP contribution in [0.2, 0.25) is 0 Å². The van der Waals surface area contributed by atoms with Crippen LogP contribution in [0.1, 0.15) is 107 Å². The lowest BCUT2D eigenvalue weighted by atomic mass is 10.0. The molecule has 0 amide bonds. The Bertz CT molecular complexity index is 894. The fourth-order valence-corrected chi connectivity index (χ4v) is 3.91. The van der Waals surface area contributed by atoms with E-state index in [0.717, 1.165) is 25.7 Å². The van der Waals surface area contributed by atoms with Gasteiger partial charge >= 0.3 is 0 Å². The summed E-state index contributed by atoms with van der Waals surface area (Å²) >= 11 is 0. The maximum absolute atomic E-state index is 13.0. The number of hydrogen-bond donors (Lipinski definition) is 0. The number of nitro groups is 1. The number of ether oxygens (including phenoxy) is 2. The van der Waals surface area contributed by atoms with E-state index < -0.39 is 4.92 Å². The highest BCUT2D eigenvalue weighted by molar-refractivity contribution is 6.09. The second kappa shape index (κ2) is 16.7. The summed E-state index contributed by atoms with van der Waals surface area (Å²) in [6.45, 7) is 5.62. The van der Waals surface area contributed by atoms with Crippen LogP contribution < -0.4 is 9.47 Å². The quantitative estimate of drug-likeness (QED) is 0.0869. The minimum Gasteiger partial charge on any atom is -0.490 e. The smallest absolute Gasteiger partial charge is 0.269 e. The highest BCUT2D eigenvalue weighted by Gasteiger charge is 2.15. The van der Waals surface area contributed by atoms with E-state index in [0.29, 0.717) is 35.8 Å². The Morgan fingerprint density at radius 3 is 1.71 bits per heavy atom. The first-order valence-corrected chi connectivity index (χ1v) is 13.3. The fraction of sp³-hybridized carbons (Fsp3) is 0.552. The molecular formula is C29H41NO5. The second-order valence-corrected chi connectivity index (χ2v) is 9.03. The van der Waals surface area contributed by atoms with E-state index in [-0.39, 0.29) is 11.5 Å². The highest BCUT2D eigenvalue weighted by atomic mass is 16.6. The third kappa shape index (κ3) is 10.5. The average molecular weight is 484 g/mol. The molecule has 192 valence electrons. The topological polar surface area (TPSA) is 78.7 Å². The summed E-state index contributed by atoms with van der Waals surface area (Å²) < 4.78 is 12.1. The summed E-state index contributed by atoms with van der Waals surface area (Å²) in [5.74, 6) is 1.04. The summed E-state index contributed by atoms with van der Waals surface area (Å²) in [6.07, 6.45) is 14.2. The first kappa shape index (κ1) is 28.3. The maximum atomic E-state index is 13.0. The van der Waals surface area contributed by atoms with Gasteiger partial charge in [0, 0.05) is 23.3 Å². The Morgan fingerprint density at radius 2 is 1.17 bits per heavy atom. The fourth-order valence-electron chi connectivity index (χ4n) is 3.91. The number of carbonyl (C=O) groups excluding carboxylic acids is 1. The Balaban J connectivity index is 2.01. The molecule has 0 bridgehead atoms. The number of non-ortho nitro benzene ring substituents is 1. The van der Waals surface area contributed by atoms with Crippen LogP contribution in [0, 0.1) is 10.1 Å². The molecule has 0 aliphatic rings. The number of rotatable bonds is 19. The summed E-state index contributed by atoms with van der Waals surface area (Å²) in [5.41, 5.74) is 0.838. The molecule has 2 aromatic rings. The molecule has 0 saturated heterocycles. The number of unbranched alkanes of at least 4 members (excludes halogenated alkanes) is 10. The molecule has 2 rings (SSSR count). The van der Waals surface area contributed by atoms with Gasteiger partial charge in [-0.15, -0.1) is 0 Å². The SMILES string of the molecule is CCCCCCCCOc1ccc(C(=O)c2ccc([N+](=O)[O-])cc2)cc1OCCCCCCCC. The molecule has 0 radical (unpaired) electrons. The van der Waals surface area contributed by atoms with Crippen LogP contribution in [0.15, 0.2) is 42.5 Å². The summed E-state index contributed by atoms with van der Waals surface area (Å²) in [7, 11) is 0. The number of nitrogens with zero attached hydrogens (tertiary/aromatic N) is 1. The number of benzene rings is 2. The zero-order valence-electron chi connectivity index (χ0n) is 21.4. The average Bonchev–Trinajstić information content (AvgIpc) is 2.87. The van der Waals surface area contributed by atoms with Gasteiger partial charge < -0.3 is 9.47 Å². The predicted molar refractivity (Wildman–Crippen MR) is 141 cm³/mol. The van der Waals surface area contributed by atoms with Crippen molar-refractivity contribution in [2.24, 2.45) is 0 Å². The van der Waals surface area contributed by atoms with Gasteiger partial charge in [0.15, 0.2) is 17.3 Å². The molecule has 0 unspecified atom stereocenters. The zero-order chi connectivity index (χ0) is 25.3. The van der Waals surface area contributed by atoms with Crippen LogP contribution in [-0.4, -0.2) is 23.9 Å². The molecule has 0 heterocycles. The monoisotopic (exact) mass is 483 g/mol. The Morgan fingerprint density at radius 1 is 0.686 bits per heavy atom. The molecule has 6 heteroatoms. The second-order valence-electron chi connectivity index (χ2n) is 9.03. The lowest BCUT2D eigenvalue weighted by Crippen LogP contribution is -2.06. The van der Waals surface area contributed by atoms with E-state index in [2.05, 4.69) is 13.8 Å². The molecule has 0 aliphatic carbocycles. The molecule has 0 atom stereocenters. The van der Waals surface area contributed by atoms with Gasteiger partial charge in [-0.05, 0) is 43.2 Å². The molecular weight excluding hydrogens is 442 g/mol. The van der Waals surface area contributed by atoms with Crippen molar-refractivity contribution in [3.8, 4) is 11.5 Å². The number of nitro benzene ring substituents is 1. The van der Waals surface area contributed by atoms with Gasteiger partial charge in [-0.3, -0.25) is 14.9 Å². The summed E-state index contributed by atoms with van der Waals surface area (Å²) in [6, 6.07) is 10.9. The number of carbonyl (C=O) groups is 1. The minimum absolute atomic E-state index is 0.0389. The van der Waals surface area contributed by atoms with Gasteiger partial charge in [0.1, 0.15) is 0 Å². The lowest BCUT2D eigenvalue weighted by molar-refractivity contribution is -0.384. The van der Waals surface area contributed by atoms with Gasteiger partial charge in [-0.2, -0.15) is 0 Å². The third-order valence-electron chi connectivity index (χ3n) is 6.06. The summed E-state index contributed by atoms with van der Waals surface area (Å²) in [4.78, 5) is 23.4. The van der Waals surface area contributed by atoms with Gasteiger partial charge in [0.2, 0.25) is 0 Å². The molecule has 0 saturated carbocycles. The molecule has 0 spiro atoms. The first-order valence-electron chi connectivity index (χ1n) is 13.3. The minimum atomic E-state index is -0.474. The van der Waals surface area contributed by atoms with Crippen LogP contribution in [0.5, 0.6) is 11.5 Å². The molecule has 2 aromatic carbocycles. The van der Waals surface area contributed by atoms with E-state index in [4.69, 9.17) is 9.47 Å². The number of ketones is 1. The van der Waals surface area contributed by atoms with Gasteiger partial charge in [-0.25, -0.2) is 0 Å². The van der Waals surface area contributed by atoms with Crippen molar-refractivity contribution in [2.75, 3.05) is 13.2 Å². The van der Waals surface area contributed by atoms with E-state index in [1.54, 1.807) is 18.2 Å². The number of hydrogen-bond acceptors (Lipinski definition) is 5. The van der Waals surface area contributed by atoms with Crippen molar-refractivity contribution in [2.45, 2.75) is 90.9 Å². The van der Waals surface area contributed by atoms with Crippen LogP contribution >= 0.6 is 0 Å². The van der Waals surface area contributed by atoms with Crippen LogP contribution in [0.3, 0.4) is 0 Å². The predicted octanol–water partition coefficient (Wildman–Crippen LogP) is 8.30. The highest BCUT2D eigenvalue weighted by Crippen LogP contribution is 2.30. The van der Waals surface area contributed by atoms with Crippen LogP contribution in [-0.2, 0) is 0 Å².